The summed E-state index contributed by atoms with van der Waals surface area (Å²) < 4.78 is 16.3. The molecule has 0 aliphatic rings. The molecule has 0 radical (unpaired) electrons. The highest BCUT2D eigenvalue weighted by atomic mass is 16.5. The third kappa shape index (κ3) is 6.25. The maximum atomic E-state index is 5.61. The highest BCUT2D eigenvalue weighted by molar-refractivity contribution is 5.79. The van der Waals surface area contributed by atoms with E-state index in [1.54, 1.807) is 27.5 Å². The molecule has 3 rings (SSSR count). The van der Waals surface area contributed by atoms with Gasteiger partial charge in [0.2, 0.25) is 5.89 Å². The van der Waals surface area contributed by atoms with Crippen LogP contribution >= 0.6 is 0 Å². The summed E-state index contributed by atoms with van der Waals surface area (Å²) in [5.74, 6) is 2.84. The van der Waals surface area contributed by atoms with E-state index in [2.05, 4.69) is 33.6 Å². The Kier molecular flexibility index (Phi) is 7.92. The van der Waals surface area contributed by atoms with Crippen LogP contribution < -0.4 is 20.1 Å². The van der Waals surface area contributed by atoms with Crippen LogP contribution in [0.3, 0.4) is 0 Å². The second-order valence-corrected chi connectivity index (χ2v) is 7.16. The summed E-state index contributed by atoms with van der Waals surface area (Å²) in [6, 6.07) is 14.1. The lowest BCUT2D eigenvalue weighted by molar-refractivity contribution is 0.354. The fourth-order valence-electron chi connectivity index (χ4n) is 3.15. The Labute approximate surface area is 183 Å². The minimum Gasteiger partial charge on any atom is -0.493 e. The van der Waals surface area contributed by atoms with Gasteiger partial charge in [0.1, 0.15) is 6.26 Å². The first-order valence-electron chi connectivity index (χ1n) is 10.3. The second-order valence-electron chi connectivity index (χ2n) is 7.16. The lowest BCUT2D eigenvalue weighted by Gasteiger charge is -2.12. The predicted octanol–water partition coefficient (Wildman–Crippen LogP) is 3.97. The van der Waals surface area contributed by atoms with Gasteiger partial charge < -0.3 is 24.5 Å². The molecule has 3 aromatic rings. The average molecular weight is 423 g/mol. The highest BCUT2D eigenvalue weighted by Gasteiger charge is 2.08. The molecule has 0 fully saturated rings. The molecule has 164 valence electrons. The summed E-state index contributed by atoms with van der Waals surface area (Å²) in [6.45, 7) is 3.38. The van der Waals surface area contributed by atoms with Gasteiger partial charge in [-0.1, -0.05) is 23.8 Å². The molecular weight excluding hydrogens is 392 g/mol. The van der Waals surface area contributed by atoms with Gasteiger partial charge >= 0.3 is 0 Å². The van der Waals surface area contributed by atoms with Gasteiger partial charge in [-0.2, -0.15) is 0 Å². The van der Waals surface area contributed by atoms with Crippen molar-refractivity contribution in [3.63, 3.8) is 0 Å². The van der Waals surface area contributed by atoms with Crippen LogP contribution in [0.5, 0.6) is 11.5 Å². The number of aliphatic imine (C=N–C) groups is 1. The summed E-state index contributed by atoms with van der Waals surface area (Å²) in [4.78, 5) is 8.82. The molecule has 0 saturated carbocycles. The SMILES string of the molecule is CN=C(NCCCc1ccc(OC)c(OC)c1)NCc1coc(-c2ccc(C)cc2)n1. The average Bonchev–Trinajstić information content (AvgIpc) is 3.28. The van der Waals surface area contributed by atoms with Crippen molar-refractivity contribution in [1.29, 1.82) is 0 Å². The van der Waals surface area contributed by atoms with Gasteiger partial charge in [0.15, 0.2) is 17.5 Å². The van der Waals surface area contributed by atoms with Crippen LogP contribution in [0.2, 0.25) is 0 Å². The van der Waals surface area contributed by atoms with Gasteiger partial charge in [-0.05, 0) is 49.6 Å². The molecule has 0 aliphatic carbocycles. The van der Waals surface area contributed by atoms with Crippen LogP contribution in [-0.4, -0.2) is 38.8 Å². The van der Waals surface area contributed by atoms with Gasteiger partial charge in [-0.25, -0.2) is 4.98 Å². The fourth-order valence-corrected chi connectivity index (χ4v) is 3.15. The summed E-state index contributed by atoms with van der Waals surface area (Å²) in [5, 5.41) is 6.60. The number of aromatic nitrogens is 1. The van der Waals surface area contributed by atoms with Crippen molar-refractivity contribution in [2.24, 2.45) is 4.99 Å². The number of rotatable bonds is 9. The van der Waals surface area contributed by atoms with E-state index in [1.165, 1.54) is 11.1 Å². The molecule has 0 bridgehead atoms. The molecule has 0 amide bonds. The minimum atomic E-state index is 0.532. The summed E-state index contributed by atoms with van der Waals surface area (Å²) in [6.07, 6.45) is 3.55. The van der Waals surface area contributed by atoms with Gasteiger partial charge in [0.25, 0.3) is 0 Å². The van der Waals surface area contributed by atoms with Crippen LogP contribution in [0.15, 0.2) is 58.1 Å². The molecule has 2 aromatic carbocycles. The van der Waals surface area contributed by atoms with Crippen LogP contribution in [0.4, 0.5) is 0 Å². The Morgan fingerprint density at radius 3 is 2.52 bits per heavy atom. The standard InChI is InChI=1S/C24H30N4O3/c1-17-7-10-19(11-8-17)23-28-20(16-31-23)15-27-24(25-2)26-13-5-6-18-9-12-21(29-3)22(14-18)30-4/h7-12,14,16H,5-6,13,15H2,1-4H3,(H2,25,26,27). The van der Waals surface area contributed by atoms with E-state index in [9.17, 15) is 0 Å². The van der Waals surface area contributed by atoms with Crippen LogP contribution in [0.25, 0.3) is 11.5 Å². The second kappa shape index (κ2) is 11.1. The molecule has 31 heavy (non-hydrogen) atoms. The van der Waals surface area contributed by atoms with E-state index in [-0.39, 0.29) is 0 Å². The van der Waals surface area contributed by atoms with E-state index in [4.69, 9.17) is 13.9 Å². The molecule has 7 nitrogen and oxygen atoms in total. The van der Waals surface area contributed by atoms with Crippen LogP contribution in [0, 0.1) is 6.92 Å². The van der Waals surface area contributed by atoms with Gasteiger partial charge in [-0.15, -0.1) is 0 Å². The molecule has 0 aliphatic heterocycles. The van der Waals surface area contributed by atoms with E-state index in [0.717, 1.165) is 48.1 Å². The van der Waals surface area contributed by atoms with Crippen molar-refractivity contribution in [1.82, 2.24) is 15.6 Å². The highest BCUT2D eigenvalue weighted by Crippen LogP contribution is 2.27. The molecule has 0 saturated heterocycles. The first kappa shape index (κ1) is 22.2. The molecule has 7 heteroatoms. The smallest absolute Gasteiger partial charge is 0.226 e. The molecule has 0 unspecified atom stereocenters. The lowest BCUT2D eigenvalue weighted by atomic mass is 10.1. The van der Waals surface area contributed by atoms with Crippen molar-refractivity contribution < 1.29 is 13.9 Å². The Bertz CT molecular complexity index is 996. The lowest BCUT2D eigenvalue weighted by Crippen LogP contribution is -2.37. The normalized spacial score (nSPS) is 11.3. The van der Waals surface area contributed by atoms with Crippen molar-refractivity contribution in [2.45, 2.75) is 26.3 Å². The molecule has 0 atom stereocenters. The summed E-state index contributed by atoms with van der Waals surface area (Å²) in [7, 11) is 5.05. The van der Waals surface area contributed by atoms with Crippen molar-refractivity contribution in [3.05, 3.63) is 65.5 Å². The third-order valence-corrected chi connectivity index (χ3v) is 4.89. The first-order chi connectivity index (χ1) is 15.1. The van der Waals surface area contributed by atoms with Crippen molar-refractivity contribution in [3.8, 4) is 23.0 Å². The van der Waals surface area contributed by atoms with Gasteiger partial charge in [-0.3, -0.25) is 4.99 Å². The van der Waals surface area contributed by atoms with E-state index in [0.29, 0.717) is 12.4 Å². The number of nitrogens with zero attached hydrogens (tertiary/aromatic N) is 2. The molecule has 1 aromatic heterocycles. The van der Waals surface area contributed by atoms with Crippen LogP contribution in [-0.2, 0) is 13.0 Å². The third-order valence-electron chi connectivity index (χ3n) is 4.89. The van der Waals surface area contributed by atoms with E-state index < -0.39 is 0 Å². The minimum absolute atomic E-state index is 0.532. The Morgan fingerprint density at radius 1 is 1.03 bits per heavy atom. The topological polar surface area (TPSA) is 80.9 Å². The molecule has 1 heterocycles. The van der Waals surface area contributed by atoms with Crippen molar-refractivity contribution in [2.75, 3.05) is 27.8 Å². The Balaban J connectivity index is 1.43. The van der Waals surface area contributed by atoms with Crippen LogP contribution in [0.1, 0.15) is 23.2 Å². The number of methoxy groups -OCH3 is 2. The number of benzene rings is 2. The quantitative estimate of drug-likeness (QED) is 0.309. The Morgan fingerprint density at radius 2 is 1.81 bits per heavy atom. The van der Waals surface area contributed by atoms with E-state index >= 15 is 0 Å². The fraction of sp³-hybridized carbons (Fsp3) is 0.333. The Hall–Kier alpha value is -3.48. The van der Waals surface area contributed by atoms with E-state index in [1.807, 2.05) is 36.4 Å². The number of ether oxygens (including phenoxy) is 2. The molecular formula is C24H30N4O3. The maximum Gasteiger partial charge on any atom is 0.226 e. The number of aryl methyl sites for hydroxylation is 2. The monoisotopic (exact) mass is 422 g/mol. The molecule has 0 spiro atoms. The zero-order valence-electron chi connectivity index (χ0n) is 18.6. The van der Waals surface area contributed by atoms with Gasteiger partial charge in [0, 0.05) is 19.2 Å². The largest absolute Gasteiger partial charge is 0.493 e. The van der Waals surface area contributed by atoms with Gasteiger partial charge in [0.05, 0.1) is 26.5 Å². The predicted molar refractivity (Wildman–Crippen MR) is 123 cm³/mol. The first-order valence-corrected chi connectivity index (χ1v) is 10.3. The summed E-state index contributed by atoms with van der Waals surface area (Å²) in [5.41, 5.74) is 4.20. The number of hydrogen-bond acceptors (Lipinski definition) is 5. The number of guanidine groups is 1. The van der Waals surface area contributed by atoms with Crippen molar-refractivity contribution >= 4 is 5.96 Å². The zero-order valence-corrected chi connectivity index (χ0v) is 18.6. The number of nitrogens with one attached hydrogen (secondary N) is 2. The zero-order chi connectivity index (χ0) is 22.1. The maximum absolute atomic E-state index is 5.61. The number of hydrogen-bond donors (Lipinski definition) is 2. The molecule has 2 N–H and O–H groups in total. The number of oxazole rings is 1. The summed E-state index contributed by atoms with van der Waals surface area (Å²) >= 11 is 0.